The second-order valence-corrected chi connectivity index (χ2v) is 7.98. The number of carbonyl (C=O) groups is 1. The van der Waals surface area contributed by atoms with Crippen LogP contribution >= 0.6 is 0 Å². The first kappa shape index (κ1) is 20.8. The molecular weight excluding hydrogens is 417 g/mol. The van der Waals surface area contributed by atoms with Gasteiger partial charge in [-0.2, -0.15) is 0 Å². The average Bonchev–Trinajstić information content (AvgIpc) is 3.35. The van der Waals surface area contributed by atoms with Crippen LogP contribution in [-0.4, -0.2) is 38.8 Å². The molecule has 0 saturated carbocycles. The number of halogens is 1. The van der Waals surface area contributed by atoms with Crippen molar-refractivity contribution in [3.63, 3.8) is 0 Å². The number of aromatic nitrogens is 3. The van der Waals surface area contributed by atoms with Crippen molar-refractivity contribution in [3.8, 4) is 11.3 Å². The Hall–Kier alpha value is -4.13. The Morgan fingerprint density at radius 2 is 1.88 bits per heavy atom. The fraction of sp³-hybridized carbons (Fsp3) is 0.154. The van der Waals surface area contributed by atoms with Crippen LogP contribution in [0, 0.1) is 5.82 Å². The van der Waals surface area contributed by atoms with Gasteiger partial charge in [0.1, 0.15) is 17.5 Å². The summed E-state index contributed by atoms with van der Waals surface area (Å²) in [5.74, 6) is 0.739. The van der Waals surface area contributed by atoms with E-state index in [1.54, 1.807) is 29.4 Å². The SMILES string of the molecule is O=C(c1cccc(F)c1)N1CC[C@H](c2nc(Nc3ccccc3)cc(-c3cccnc3)n2)C1. The van der Waals surface area contributed by atoms with E-state index in [1.807, 2.05) is 48.5 Å². The topological polar surface area (TPSA) is 71.0 Å². The van der Waals surface area contributed by atoms with E-state index >= 15 is 0 Å². The quantitative estimate of drug-likeness (QED) is 0.471. The Morgan fingerprint density at radius 1 is 1.00 bits per heavy atom. The smallest absolute Gasteiger partial charge is 0.253 e. The highest BCUT2D eigenvalue weighted by atomic mass is 19.1. The zero-order chi connectivity index (χ0) is 22.6. The number of rotatable bonds is 5. The first-order chi connectivity index (χ1) is 16.2. The van der Waals surface area contributed by atoms with E-state index in [4.69, 9.17) is 9.97 Å². The zero-order valence-electron chi connectivity index (χ0n) is 17.9. The maximum absolute atomic E-state index is 13.6. The molecule has 4 aromatic rings. The lowest BCUT2D eigenvalue weighted by Gasteiger charge is -2.17. The molecule has 1 saturated heterocycles. The minimum Gasteiger partial charge on any atom is -0.340 e. The number of likely N-dealkylation sites (tertiary alicyclic amines) is 1. The summed E-state index contributed by atoms with van der Waals surface area (Å²) < 4.78 is 13.6. The zero-order valence-corrected chi connectivity index (χ0v) is 17.9. The number of para-hydroxylation sites is 1. The van der Waals surface area contributed by atoms with Gasteiger partial charge in [-0.3, -0.25) is 9.78 Å². The normalized spacial score (nSPS) is 15.4. The molecule has 0 radical (unpaired) electrons. The van der Waals surface area contributed by atoms with E-state index in [0.29, 0.717) is 30.3 Å². The Labute approximate surface area is 191 Å². The maximum Gasteiger partial charge on any atom is 0.253 e. The van der Waals surface area contributed by atoms with Crippen molar-refractivity contribution in [2.45, 2.75) is 12.3 Å². The molecule has 1 amide bonds. The first-order valence-corrected chi connectivity index (χ1v) is 10.8. The Bertz CT molecular complexity index is 1270. The highest BCUT2D eigenvalue weighted by Gasteiger charge is 2.30. The molecule has 0 aliphatic carbocycles. The summed E-state index contributed by atoms with van der Waals surface area (Å²) in [4.78, 5) is 28.4. The summed E-state index contributed by atoms with van der Waals surface area (Å²) in [6, 6.07) is 21.4. The summed E-state index contributed by atoms with van der Waals surface area (Å²) in [5, 5.41) is 3.35. The Kier molecular flexibility index (Phi) is 5.76. The molecule has 0 spiro atoms. The van der Waals surface area contributed by atoms with E-state index < -0.39 is 5.82 Å². The largest absolute Gasteiger partial charge is 0.340 e. The second-order valence-electron chi connectivity index (χ2n) is 7.98. The molecule has 5 rings (SSSR count). The fourth-order valence-corrected chi connectivity index (χ4v) is 4.00. The van der Waals surface area contributed by atoms with Gasteiger partial charge in [0.25, 0.3) is 5.91 Å². The van der Waals surface area contributed by atoms with Crippen LogP contribution in [0.15, 0.2) is 85.2 Å². The summed E-state index contributed by atoms with van der Waals surface area (Å²) in [6.07, 6.45) is 4.23. The average molecular weight is 439 g/mol. The van der Waals surface area contributed by atoms with Crippen molar-refractivity contribution >= 4 is 17.4 Å². The van der Waals surface area contributed by atoms with Crippen LogP contribution in [0.2, 0.25) is 0 Å². The molecule has 1 atom stereocenters. The Balaban J connectivity index is 1.43. The van der Waals surface area contributed by atoms with Gasteiger partial charge in [0.15, 0.2) is 0 Å². The van der Waals surface area contributed by atoms with Crippen molar-refractivity contribution in [2.75, 3.05) is 18.4 Å². The third-order valence-electron chi connectivity index (χ3n) is 5.66. The van der Waals surface area contributed by atoms with Gasteiger partial charge in [-0.05, 0) is 48.9 Å². The summed E-state index contributed by atoms with van der Waals surface area (Å²) in [7, 11) is 0. The number of hydrogen-bond donors (Lipinski definition) is 1. The van der Waals surface area contributed by atoms with Crippen LogP contribution in [0.3, 0.4) is 0 Å². The van der Waals surface area contributed by atoms with Gasteiger partial charge in [-0.15, -0.1) is 0 Å². The number of carbonyl (C=O) groups excluding carboxylic acids is 1. The molecule has 3 heterocycles. The molecule has 1 N–H and O–H groups in total. The van der Waals surface area contributed by atoms with E-state index in [0.717, 1.165) is 23.4 Å². The van der Waals surface area contributed by atoms with Gasteiger partial charge in [-0.1, -0.05) is 24.3 Å². The molecule has 1 fully saturated rings. The summed E-state index contributed by atoms with van der Waals surface area (Å²) in [6.45, 7) is 1.05. The molecule has 1 aliphatic rings. The fourth-order valence-electron chi connectivity index (χ4n) is 4.00. The molecule has 164 valence electrons. The number of benzene rings is 2. The van der Waals surface area contributed by atoms with Crippen LogP contribution in [0.4, 0.5) is 15.9 Å². The predicted octanol–water partition coefficient (Wildman–Crippen LogP) is 5.05. The number of hydrogen-bond acceptors (Lipinski definition) is 5. The van der Waals surface area contributed by atoms with Crippen LogP contribution in [-0.2, 0) is 0 Å². The number of nitrogens with one attached hydrogen (secondary N) is 1. The standard InChI is InChI=1S/C26H22FN5O/c27-21-8-4-6-18(14-21)26(33)32-13-11-20(17-32)25-30-23(19-7-5-12-28-16-19)15-24(31-25)29-22-9-2-1-3-10-22/h1-10,12,14-16,20H,11,13,17H2,(H,29,30,31)/t20-/m0/s1. The number of amides is 1. The van der Waals surface area contributed by atoms with Crippen molar-refractivity contribution in [2.24, 2.45) is 0 Å². The van der Waals surface area contributed by atoms with Crippen LogP contribution in [0.1, 0.15) is 28.5 Å². The lowest BCUT2D eigenvalue weighted by Crippen LogP contribution is -2.28. The Morgan fingerprint density at radius 3 is 2.67 bits per heavy atom. The van der Waals surface area contributed by atoms with Crippen molar-refractivity contribution in [1.29, 1.82) is 0 Å². The second kappa shape index (κ2) is 9.16. The maximum atomic E-state index is 13.6. The molecule has 2 aromatic carbocycles. The minimum atomic E-state index is -0.416. The monoisotopic (exact) mass is 439 g/mol. The van der Waals surface area contributed by atoms with Gasteiger partial charge >= 0.3 is 0 Å². The van der Waals surface area contributed by atoms with Gasteiger partial charge in [-0.25, -0.2) is 14.4 Å². The first-order valence-electron chi connectivity index (χ1n) is 10.8. The van der Waals surface area contributed by atoms with Gasteiger partial charge < -0.3 is 10.2 Å². The molecule has 33 heavy (non-hydrogen) atoms. The minimum absolute atomic E-state index is 0.0181. The van der Waals surface area contributed by atoms with E-state index in [2.05, 4.69) is 10.3 Å². The molecule has 0 unspecified atom stereocenters. The molecule has 1 aliphatic heterocycles. The third kappa shape index (κ3) is 4.72. The van der Waals surface area contributed by atoms with E-state index in [-0.39, 0.29) is 11.8 Å². The highest BCUT2D eigenvalue weighted by Crippen LogP contribution is 2.30. The van der Waals surface area contributed by atoms with Crippen LogP contribution < -0.4 is 5.32 Å². The van der Waals surface area contributed by atoms with Crippen LogP contribution in [0.5, 0.6) is 0 Å². The predicted molar refractivity (Wildman–Crippen MR) is 125 cm³/mol. The molecular formula is C26H22FN5O. The molecule has 2 aromatic heterocycles. The highest BCUT2D eigenvalue weighted by molar-refractivity contribution is 5.94. The van der Waals surface area contributed by atoms with Gasteiger partial charge in [0.2, 0.25) is 0 Å². The third-order valence-corrected chi connectivity index (χ3v) is 5.66. The van der Waals surface area contributed by atoms with Crippen molar-refractivity contribution in [1.82, 2.24) is 19.9 Å². The summed E-state index contributed by atoms with van der Waals surface area (Å²) in [5.41, 5.74) is 2.94. The molecule has 6 nitrogen and oxygen atoms in total. The molecule has 0 bridgehead atoms. The van der Waals surface area contributed by atoms with Crippen molar-refractivity contribution in [3.05, 3.63) is 102 Å². The number of anilines is 2. The van der Waals surface area contributed by atoms with Crippen LogP contribution in [0.25, 0.3) is 11.3 Å². The lowest BCUT2D eigenvalue weighted by atomic mass is 10.1. The van der Waals surface area contributed by atoms with E-state index in [9.17, 15) is 9.18 Å². The summed E-state index contributed by atoms with van der Waals surface area (Å²) >= 11 is 0. The van der Waals surface area contributed by atoms with Crippen molar-refractivity contribution < 1.29 is 9.18 Å². The molecule has 7 heteroatoms. The van der Waals surface area contributed by atoms with Gasteiger partial charge in [0, 0.05) is 54.3 Å². The lowest BCUT2D eigenvalue weighted by molar-refractivity contribution is 0.0790. The number of pyridine rings is 1. The van der Waals surface area contributed by atoms with Gasteiger partial charge in [0.05, 0.1) is 5.69 Å². The van der Waals surface area contributed by atoms with E-state index in [1.165, 1.54) is 12.1 Å². The number of nitrogens with zero attached hydrogens (tertiary/aromatic N) is 4.